The molecular weight excluding hydrogens is 330 g/mol. The van der Waals surface area contributed by atoms with Gasteiger partial charge in [-0.05, 0) is 24.3 Å². The predicted octanol–water partition coefficient (Wildman–Crippen LogP) is 3.21. The van der Waals surface area contributed by atoms with Crippen LogP contribution in [0.1, 0.15) is 10.4 Å². The van der Waals surface area contributed by atoms with Crippen molar-refractivity contribution >= 4 is 28.9 Å². The van der Waals surface area contributed by atoms with E-state index in [2.05, 4.69) is 4.90 Å². The molecule has 0 radical (unpaired) electrons. The Labute approximate surface area is 144 Å². The van der Waals surface area contributed by atoms with Gasteiger partial charge in [-0.3, -0.25) is 14.9 Å². The molecule has 1 amide bonds. The Hall–Kier alpha value is -2.60. The average molecular weight is 346 g/mol. The summed E-state index contributed by atoms with van der Waals surface area (Å²) in [5, 5.41) is 11.5. The van der Waals surface area contributed by atoms with Gasteiger partial charge in [0.05, 0.1) is 4.92 Å². The van der Waals surface area contributed by atoms with Crippen molar-refractivity contribution in [3.63, 3.8) is 0 Å². The largest absolute Gasteiger partial charge is 0.368 e. The third-order valence-electron chi connectivity index (χ3n) is 4.07. The molecular formula is C17H16ClN3O3. The summed E-state index contributed by atoms with van der Waals surface area (Å²) in [4.78, 5) is 27.1. The van der Waals surface area contributed by atoms with E-state index in [-0.39, 0.29) is 17.2 Å². The van der Waals surface area contributed by atoms with Gasteiger partial charge < -0.3 is 9.80 Å². The summed E-state index contributed by atoms with van der Waals surface area (Å²) in [6, 6.07) is 14.0. The number of carbonyl (C=O) groups excluding carboxylic acids is 1. The molecule has 1 saturated heterocycles. The van der Waals surface area contributed by atoms with Gasteiger partial charge in [0, 0.05) is 43.0 Å². The molecule has 0 N–H and O–H groups in total. The standard InChI is InChI=1S/C17H16ClN3O3/c18-13-6-7-16(21(23)24)15(12-13)17(22)20-10-8-19(9-11-20)14-4-2-1-3-5-14/h1-7,12H,8-11H2. The molecule has 124 valence electrons. The first-order chi connectivity index (χ1) is 11.6. The Balaban J connectivity index is 1.74. The van der Waals surface area contributed by atoms with Crippen LogP contribution in [0.3, 0.4) is 0 Å². The number of carbonyl (C=O) groups is 1. The topological polar surface area (TPSA) is 66.7 Å². The molecule has 6 nitrogen and oxygen atoms in total. The van der Waals surface area contributed by atoms with Crippen molar-refractivity contribution in [3.05, 3.63) is 69.2 Å². The van der Waals surface area contributed by atoms with E-state index < -0.39 is 4.92 Å². The molecule has 2 aromatic carbocycles. The van der Waals surface area contributed by atoms with Crippen molar-refractivity contribution in [2.45, 2.75) is 0 Å². The lowest BCUT2D eigenvalue weighted by molar-refractivity contribution is -0.385. The molecule has 1 aliphatic heterocycles. The van der Waals surface area contributed by atoms with Gasteiger partial charge in [0.25, 0.3) is 11.6 Å². The fourth-order valence-corrected chi connectivity index (χ4v) is 2.99. The second kappa shape index (κ2) is 6.88. The Morgan fingerprint density at radius 3 is 2.33 bits per heavy atom. The number of hydrogen-bond acceptors (Lipinski definition) is 4. The Morgan fingerprint density at radius 1 is 1.04 bits per heavy atom. The van der Waals surface area contributed by atoms with Crippen LogP contribution >= 0.6 is 11.6 Å². The van der Waals surface area contributed by atoms with Gasteiger partial charge in [-0.15, -0.1) is 0 Å². The molecule has 2 aromatic rings. The number of para-hydroxylation sites is 1. The maximum absolute atomic E-state index is 12.7. The molecule has 0 bridgehead atoms. The smallest absolute Gasteiger partial charge is 0.282 e. The summed E-state index contributed by atoms with van der Waals surface area (Å²) in [6.45, 7) is 2.39. The second-order valence-electron chi connectivity index (χ2n) is 5.53. The molecule has 3 rings (SSSR count). The van der Waals surface area contributed by atoms with E-state index in [0.29, 0.717) is 31.2 Å². The minimum absolute atomic E-state index is 0.0423. The Morgan fingerprint density at radius 2 is 1.71 bits per heavy atom. The first kappa shape index (κ1) is 16.3. The Bertz CT molecular complexity index is 759. The zero-order chi connectivity index (χ0) is 17.1. The first-order valence-corrected chi connectivity index (χ1v) is 7.97. The third-order valence-corrected chi connectivity index (χ3v) is 4.31. The van der Waals surface area contributed by atoms with Gasteiger partial charge in [-0.1, -0.05) is 29.8 Å². The average Bonchev–Trinajstić information content (AvgIpc) is 2.61. The lowest BCUT2D eigenvalue weighted by Crippen LogP contribution is -2.48. The van der Waals surface area contributed by atoms with Crippen LogP contribution < -0.4 is 4.90 Å². The number of nitro benzene ring substituents is 1. The van der Waals surface area contributed by atoms with Gasteiger partial charge >= 0.3 is 0 Å². The van der Waals surface area contributed by atoms with Crippen LogP contribution in [0.2, 0.25) is 5.02 Å². The van der Waals surface area contributed by atoms with E-state index in [1.807, 2.05) is 30.3 Å². The number of piperazine rings is 1. The SMILES string of the molecule is O=C(c1cc(Cl)ccc1[N+](=O)[O-])N1CCN(c2ccccc2)CC1. The van der Waals surface area contributed by atoms with Crippen LogP contribution in [-0.2, 0) is 0 Å². The number of amides is 1. The van der Waals surface area contributed by atoms with E-state index in [4.69, 9.17) is 11.6 Å². The van der Waals surface area contributed by atoms with Crippen LogP contribution in [0.4, 0.5) is 11.4 Å². The van der Waals surface area contributed by atoms with Crippen LogP contribution in [-0.4, -0.2) is 41.9 Å². The maximum Gasteiger partial charge on any atom is 0.282 e. The lowest BCUT2D eigenvalue weighted by Gasteiger charge is -2.36. The fourth-order valence-electron chi connectivity index (χ4n) is 2.82. The highest BCUT2D eigenvalue weighted by Gasteiger charge is 2.27. The summed E-state index contributed by atoms with van der Waals surface area (Å²) < 4.78 is 0. The number of hydrogen-bond donors (Lipinski definition) is 0. The van der Waals surface area contributed by atoms with Crippen molar-refractivity contribution in [3.8, 4) is 0 Å². The van der Waals surface area contributed by atoms with E-state index in [9.17, 15) is 14.9 Å². The molecule has 1 aliphatic rings. The molecule has 0 spiro atoms. The van der Waals surface area contributed by atoms with E-state index in [0.717, 1.165) is 5.69 Å². The summed E-state index contributed by atoms with van der Waals surface area (Å²) in [6.07, 6.45) is 0. The van der Waals surface area contributed by atoms with Gasteiger partial charge in [0.1, 0.15) is 5.56 Å². The number of nitrogens with zero attached hydrogens (tertiary/aromatic N) is 3. The second-order valence-corrected chi connectivity index (χ2v) is 5.97. The van der Waals surface area contributed by atoms with Crippen LogP contribution in [0, 0.1) is 10.1 Å². The van der Waals surface area contributed by atoms with E-state index in [1.165, 1.54) is 18.2 Å². The summed E-state index contributed by atoms with van der Waals surface area (Å²) in [5.41, 5.74) is 0.939. The maximum atomic E-state index is 12.7. The zero-order valence-electron chi connectivity index (χ0n) is 12.9. The van der Waals surface area contributed by atoms with E-state index >= 15 is 0 Å². The summed E-state index contributed by atoms with van der Waals surface area (Å²) in [7, 11) is 0. The number of benzene rings is 2. The van der Waals surface area contributed by atoms with Gasteiger partial charge in [-0.2, -0.15) is 0 Å². The highest BCUT2D eigenvalue weighted by molar-refractivity contribution is 6.31. The predicted molar refractivity (Wildman–Crippen MR) is 92.7 cm³/mol. The summed E-state index contributed by atoms with van der Waals surface area (Å²) in [5.74, 6) is -0.350. The number of rotatable bonds is 3. The number of halogens is 1. The highest BCUT2D eigenvalue weighted by atomic mass is 35.5. The van der Waals surface area contributed by atoms with Gasteiger partial charge in [0.2, 0.25) is 0 Å². The molecule has 7 heteroatoms. The number of anilines is 1. The molecule has 0 saturated carbocycles. The fraction of sp³-hybridized carbons (Fsp3) is 0.235. The number of nitro groups is 1. The minimum atomic E-state index is -0.552. The molecule has 0 aromatic heterocycles. The monoisotopic (exact) mass is 345 g/mol. The van der Waals surface area contributed by atoms with Crippen molar-refractivity contribution in [2.24, 2.45) is 0 Å². The third kappa shape index (κ3) is 3.33. The molecule has 1 heterocycles. The Kier molecular flexibility index (Phi) is 4.66. The van der Waals surface area contributed by atoms with Crippen LogP contribution in [0.5, 0.6) is 0 Å². The van der Waals surface area contributed by atoms with Crippen LogP contribution in [0.25, 0.3) is 0 Å². The molecule has 1 fully saturated rings. The molecule has 24 heavy (non-hydrogen) atoms. The van der Waals surface area contributed by atoms with Crippen molar-refractivity contribution < 1.29 is 9.72 Å². The molecule has 0 aliphatic carbocycles. The lowest BCUT2D eigenvalue weighted by atomic mass is 10.1. The van der Waals surface area contributed by atoms with Crippen molar-refractivity contribution in [1.82, 2.24) is 4.90 Å². The quantitative estimate of drug-likeness (QED) is 0.633. The molecule has 0 unspecified atom stereocenters. The highest BCUT2D eigenvalue weighted by Crippen LogP contribution is 2.25. The van der Waals surface area contributed by atoms with Gasteiger partial charge in [0.15, 0.2) is 0 Å². The first-order valence-electron chi connectivity index (χ1n) is 7.59. The minimum Gasteiger partial charge on any atom is -0.368 e. The van der Waals surface area contributed by atoms with Crippen molar-refractivity contribution in [1.29, 1.82) is 0 Å². The van der Waals surface area contributed by atoms with E-state index in [1.54, 1.807) is 4.90 Å². The normalized spacial score (nSPS) is 14.5. The van der Waals surface area contributed by atoms with Crippen molar-refractivity contribution in [2.75, 3.05) is 31.1 Å². The zero-order valence-corrected chi connectivity index (χ0v) is 13.6. The van der Waals surface area contributed by atoms with Crippen LogP contribution in [0.15, 0.2) is 48.5 Å². The molecule has 0 atom stereocenters. The van der Waals surface area contributed by atoms with Gasteiger partial charge in [-0.25, -0.2) is 0 Å². The summed E-state index contributed by atoms with van der Waals surface area (Å²) >= 11 is 5.91.